The molecule has 0 atom stereocenters. The van der Waals surface area contributed by atoms with Crippen molar-refractivity contribution in [3.05, 3.63) is 46.5 Å². The second kappa shape index (κ2) is 8.70. The maximum atomic E-state index is 10.6. The van der Waals surface area contributed by atoms with Gasteiger partial charge in [0.1, 0.15) is 11.3 Å². The third-order valence-electron chi connectivity index (χ3n) is 5.36. The molecule has 2 N–H and O–H groups in total. The molecule has 8 heteroatoms. The zero-order valence-electron chi connectivity index (χ0n) is 15.8. The predicted octanol–water partition coefficient (Wildman–Crippen LogP) is 3.06. The summed E-state index contributed by atoms with van der Waals surface area (Å²) < 4.78 is 2.27. The lowest BCUT2D eigenvalue weighted by Crippen LogP contribution is -2.39. The van der Waals surface area contributed by atoms with E-state index in [2.05, 4.69) is 37.3 Å². The van der Waals surface area contributed by atoms with Crippen molar-refractivity contribution in [1.29, 1.82) is 0 Å². The monoisotopic (exact) mass is 399 g/mol. The van der Waals surface area contributed by atoms with Crippen molar-refractivity contribution in [1.82, 2.24) is 24.8 Å². The van der Waals surface area contributed by atoms with E-state index in [1.807, 2.05) is 18.3 Å². The van der Waals surface area contributed by atoms with Crippen LogP contribution in [-0.4, -0.2) is 56.8 Å². The van der Waals surface area contributed by atoms with Gasteiger partial charge >= 0.3 is 6.09 Å². The molecule has 4 heterocycles. The standard InChI is InChI=1S/C20H25N5O2S/c26-20(27)22-8-11-24-9-5-15(6-10-24)13-18-23-17-4-1-7-21-19(17)25(18)14-16-3-2-12-28-16/h1-4,7,12,15,22H,5-6,8-11,13-14H2,(H,26,27). The van der Waals surface area contributed by atoms with Gasteiger partial charge in [-0.15, -0.1) is 11.3 Å². The van der Waals surface area contributed by atoms with E-state index in [1.165, 1.54) is 4.88 Å². The average Bonchev–Trinajstić information content (AvgIpc) is 3.32. The maximum absolute atomic E-state index is 10.6. The highest BCUT2D eigenvalue weighted by Gasteiger charge is 2.22. The number of likely N-dealkylation sites (tertiary alicyclic amines) is 1. The fourth-order valence-electron chi connectivity index (χ4n) is 3.88. The van der Waals surface area contributed by atoms with E-state index < -0.39 is 6.09 Å². The first-order chi connectivity index (χ1) is 13.7. The minimum absolute atomic E-state index is 0.488. The molecule has 148 valence electrons. The van der Waals surface area contributed by atoms with Crippen LogP contribution in [0.4, 0.5) is 4.79 Å². The molecule has 1 aliphatic heterocycles. The van der Waals surface area contributed by atoms with Crippen LogP contribution in [0, 0.1) is 5.92 Å². The smallest absolute Gasteiger partial charge is 0.404 e. The highest BCUT2D eigenvalue weighted by Crippen LogP contribution is 2.25. The molecule has 0 radical (unpaired) electrons. The molecule has 0 saturated carbocycles. The first-order valence-corrected chi connectivity index (χ1v) is 10.6. The molecule has 3 aromatic heterocycles. The van der Waals surface area contributed by atoms with Crippen molar-refractivity contribution in [3.8, 4) is 0 Å². The highest BCUT2D eigenvalue weighted by atomic mass is 32.1. The third-order valence-corrected chi connectivity index (χ3v) is 6.22. The van der Waals surface area contributed by atoms with Gasteiger partial charge in [-0.05, 0) is 55.4 Å². The molecule has 0 bridgehead atoms. The Morgan fingerprint density at radius 3 is 2.89 bits per heavy atom. The summed E-state index contributed by atoms with van der Waals surface area (Å²) in [4.78, 5) is 23.7. The van der Waals surface area contributed by atoms with Crippen LogP contribution in [0.25, 0.3) is 11.2 Å². The van der Waals surface area contributed by atoms with Crippen molar-refractivity contribution in [3.63, 3.8) is 0 Å². The summed E-state index contributed by atoms with van der Waals surface area (Å²) in [5.74, 6) is 1.72. The van der Waals surface area contributed by atoms with Crippen molar-refractivity contribution in [2.45, 2.75) is 25.8 Å². The Morgan fingerprint density at radius 2 is 2.14 bits per heavy atom. The number of aromatic nitrogens is 3. The molecule has 28 heavy (non-hydrogen) atoms. The number of fused-ring (bicyclic) bond motifs is 1. The van der Waals surface area contributed by atoms with Crippen molar-refractivity contribution >= 4 is 28.6 Å². The normalized spacial score (nSPS) is 15.9. The summed E-state index contributed by atoms with van der Waals surface area (Å²) in [6.45, 7) is 4.10. The van der Waals surface area contributed by atoms with E-state index in [9.17, 15) is 4.79 Å². The molecule has 0 spiro atoms. The van der Waals surface area contributed by atoms with E-state index in [4.69, 9.17) is 10.1 Å². The molecule has 0 unspecified atom stereocenters. The number of carbonyl (C=O) groups is 1. The Balaban J connectivity index is 1.41. The minimum Gasteiger partial charge on any atom is -0.465 e. The van der Waals surface area contributed by atoms with Gasteiger partial charge in [-0.1, -0.05) is 6.07 Å². The van der Waals surface area contributed by atoms with Crippen LogP contribution in [0.1, 0.15) is 23.5 Å². The first kappa shape index (κ1) is 18.9. The number of hydrogen-bond acceptors (Lipinski definition) is 5. The van der Waals surface area contributed by atoms with E-state index in [0.717, 1.165) is 62.4 Å². The van der Waals surface area contributed by atoms with E-state index in [-0.39, 0.29) is 0 Å². The van der Waals surface area contributed by atoms with Gasteiger partial charge in [0.15, 0.2) is 5.65 Å². The quantitative estimate of drug-likeness (QED) is 0.638. The summed E-state index contributed by atoms with van der Waals surface area (Å²) in [5, 5.41) is 13.2. The molecular weight excluding hydrogens is 374 g/mol. The molecule has 3 aromatic rings. The summed E-state index contributed by atoms with van der Waals surface area (Å²) in [6.07, 6.45) is 4.07. The molecular formula is C20H25N5O2S. The van der Waals surface area contributed by atoms with Crippen LogP contribution >= 0.6 is 11.3 Å². The largest absolute Gasteiger partial charge is 0.465 e. The Hall–Kier alpha value is -2.45. The van der Waals surface area contributed by atoms with Gasteiger partial charge < -0.3 is 19.9 Å². The molecule has 1 fully saturated rings. The summed E-state index contributed by atoms with van der Waals surface area (Å²) in [5.41, 5.74) is 1.93. The van der Waals surface area contributed by atoms with Crippen LogP contribution in [0.15, 0.2) is 35.8 Å². The Kier molecular flexibility index (Phi) is 5.87. The summed E-state index contributed by atoms with van der Waals surface area (Å²) >= 11 is 1.76. The number of rotatable bonds is 7. The van der Waals surface area contributed by atoms with Crippen LogP contribution in [-0.2, 0) is 13.0 Å². The molecule has 1 amide bonds. The fourth-order valence-corrected chi connectivity index (χ4v) is 4.57. The number of carboxylic acid groups (broad SMARTS) is 1. The van der Waals surface area contributed by atoms with Gasteiger partial charge in [0.05, 0.1) is 6.54 Å². The van der Waals surface area contributed by atoms with E-state index in [0.29, 0.717) is 12.5 Å². The van der Waals surface area contributed by atoms with Crippen LogP contribution in [0.2, 0.25) is 0 Å². The zero-order valence-corrected chi connectivity index (χ0v) is 16.6. The highest BCUT2D eigenvalue weighted by molar-refractivity contribution is 7.09. The number of amides is 1. The second-order valence-electron chi connectivity index (χ2n) is 7.26. The lowest BCUT2D eigenvalue weighted by molar-refractivity contribution is 0.173. The number of piperidine rings is 1. The van der Waals surface area contributed by atoms with Gasteiger partial charge in [0.2, 0.25) is 0 Å². The minimum atomic E-state index is -0.951. The molecule has 0 aliphatic carbocycles. The first-order valence-electron chi connectivity index (χ1n) is 9.70. The van der Waals surface area contributed by atoms with Gasteiger partial charge in [-0.3, -0.25) is 0 Å². The predicted molar refractivity (Wildman–Crippen MR) is 110 cm³/mol. The third kappa shape index (κ3) is 4.51. The number of pyridine rings is 1. The average molecular weight is 400 g/mol. The number of imidazole rings is 1. The Labute approximate surface area is 168 Å². The van der Waals surface area contributed by atoms with Crippen LogP contribution in [0.3, 0.4) is 0 Å². The Morgan fingerprint density at radius 1 is 1.29 bits per heavy atom. The van der Waals surface area contributed by atoms with Crippen molar-refractivity contribution in [2.75, 3.05) is 26.2 Å². The number of nitrogens with one attached hydrogen (secondary N) is 1. The second-order valence-corrected chi connectivity index (χ2v) is 8.29. The lowest BCUT2D eigenvalue weighted by atomic mass is 9.93. The number of hydrogen-bond donors (Lipinski definition) is 2. The van der Waals surface area contributed by atoms with Gasteiger partial charge in [-0.25, -0.2) is 14.8 Å². The van der Waals surface area contributed by atoms with Gasteiger partial charge in [0, 0.05) is 30.6 Å². The Bertz CT molecular complexity index is 916. The fraction of sp³-hybridized carbons (Fsp3) is 0.450. The summed E-state index contributed by atoms with van der Waals surface area (Å²) in [6, 6.07) is 8.22. The SMILES string of the molecule is O=C(O)NCCN1CCC(Cc2nc3cccnc3n2Cc2cccs2)CC1. The van der Waals surface area contributed by atoms with Gasteiger partial charge in [0.25, 0.3) is 0 Å². The molecule has 7 nitrogen and oxygen atoms in total. The summed E-state index contributed by atoms with van der Waals surface area (Å²) in [7, 11) is 0. The van der Waals surface area contributed by atoms with Crippen molar-refractivity contribution in [2.24, 2.45) is 5.92 Å². The lowest BCUT2D eigenvalue weighted by Gasteiger charge is -2.31. The van der Waals surface area contributed by atoms with Gasteiger partial charge in [-0.2, -0.15) is 0 Å². The number of thiophene rings is 1. The van der Waals surface area contributed by atoms with Crippen LogP contribution in [0.5, 0.6) is 0 Å². The van der Waals surface area contributed by atoms with Crippen LogP contribution < -0.4 is 5.32 Å². The molecule has 1 aliphatic rings. The topological polar surface area (TPSA) is 83.3 Å². The van der Waals surface area contributed by atoms with Crippen molar-refractivity contribution < 1.29 is 9.90 Å². The van der Waals surface area contributed by atoms with E-state index >= 15 is 0 Å². The number of nitrogens with zero attached hydrogens (tertiary/aromatic N) is 4. The zero-order chi connectivity index (χ0) is 19.3. The molecule has 0 aromatic carbocycles. The molecule has 1 saturated heterocycles. The maximum Gasteiger partial charge on any atom is 0.404 e. The van der Waals surface area contributed by atoms with E-state index in [1.54, 1.807) is 11.3 Å². The molecule has 4 rings (SSSR count).